The standard InChI is InChI=1S/C20H21NO6S/c22-18-8-5-15(11-27-12-16-6-7-17(28-16)20(25)26)21(18)10-9-13-1-3-14(4-2-13)19(23)24/h1-4,6-7,15H,5,8-12H2,(H,23,24)(H,25,26)/t15-/m1/s1. The Bertz CT molecular complexity index is 860. The van der Waals surface area contributed by atoms with E-state index < -0.39 is 11.9 Å². The van der Waals surface area contributed by atoms with E-state index in [4.69, 9.17) is 14.9 Å². The molecule has 0 aliphatic carbocycles. The lowest BCUT2D eigenvalue weighted by atomic mass is 10.1. The first kappa shape index (κ1) is 20.0. The third-order valence-electron chi connectivity index (χ3n) is 4.72. The minimum atomic E-state index is -0.959. The van der Waals surface area contributed by atoms with E-state index in [-0.39, 0.29) is 22.4 Å². The van der Waals surface area contributed by atoms with Crippen LogP contribution in [0.25, 0.3) is 0 Å². The maximum absolute atomic E-state index is 12.2. The van der Waals surface area contributed by atoms with Gasteiger partial charge < -0.3 is 19.8 Å². The van der Waals surface area contributed by atoms with Crippen LogP contribution in [0.4, 0.5) is 0 Å². The summed E-state index contributed by atoms with van der Waals surface area (Å²) in [6, 6.07) is 9.98. The second-order valence-corrected chi connectivity index (χ2v) is 7.79. The van der Waals surface area contributed by atoms with Crippen molar-refractivity contribution in [1.82, 2.24) is 4.90 Å². The Morgan fingerprint density at radius 2 is 1.86 bits per heavy atom. The van der Waals surface area contributed by atoms with Gasteiger partial charge in [-0.3, -0.25) is 4.79 Å². The molecule has 1 amide bonds. The second kappa shape index (κ2) is 8.99. The highest BCUT2D eigenvalue weighted by atomic mass is 32.1. The van der Waals surface area contributed by atoms with E-state index in [0.29, 0.717) is 32.6 Å². The lowest BCUT2D eigenvalue weighted by Gasteiger charge is -2.24. The molecule has 1 saturated heterocycles. The second-order valence-electron chi connectivity index (χ2n) is 6.62. The van der Waals surface area contributed by atoms with Crippen LogP contribution in [0.1, 0.15) is 43.3 Å². The minimum Gasteiger partial charge on any atom is -0.478 e. The number of carboxylic acid groups (broad SMARTS) is 2. The van der Waals surface area contributed by atoms with Gasteiger partial charge in [-0.15, -0.1) is 11.3 Å². The number of carbonyl (C=O) groups excluding carboxylic acids is 1. The molecule has 2 aromatic rings. The van der Waals surface area contributed by atoms with E-state index >= 15 is 0 Å². The molecule has 7 nitrogen and oxygen atoms in total. The van der Waals surface area contributed by atoms with Crippen molar-refractivity contribution in [3.63, 3.8) is 0 Å². The van der Waals surface area contributed by atoms with Crippen molar-refractivity contribution in [3.05, 3.63) is 57.3 Å². The molecule has 1 aliphatic rings. The van der Waals surface area contributed by atoms with Crippen LogP contribution in [0.2, 0.25) is 0 Å². The predicted molar refractivity (Wildman–Crippen MR) is 103 cm³/mol. The first-order chi connectivity index (χ1) is 13.4. The molecule has 2 heterocycles. The van der Waals surface area contributed by atoms with Gasteiger partial charge in [0.05, 0.1) is 24.8 Å². The summed E-state index contributed by atoms with van der Waals surface area (Å²) in [6.45, 7) is 1.29. The van der Waals surface area contributed by atoms with E-state index in [1.54, 1.807) is 36.4 Å². The highest BCUT2D eigenvalue weighted by Crippen LogP contribution is 2.22. The third kappa shape index (κ3) is 4.96. The van der Waals surface area contributed by atoms with Crippen molar-refractivity contribution in [3.8, 4) is 0 Å². The molecule has 0 radical (unpaired) electrons. The lowest BCUT2D eigenvalue weighted by Crippen LogP contribution is -2.37. The molecule has 28 heavy (non-hydrogen) atoms. The van der Waals surface area contributed by atoms with Crippen molar-refractivity contribution in [2.45, 2.75) is 31.9 Å². The molecule has 0 saturated carbocycles. The molecule has 148 valence electrons. The number of benzene rings is 1. The fourth-order valence-electron chi connectivity index (χ4n) is 3.20. The highest BCUT2D eigenvalue weighted by molar-refractivity contribution is 7.13. The number of rotatable bonds is 9. The Labute approximate surface area is 166 Å². The molecule has 0 bridgehead atoms. The van der Waals surface area contributed by atoms with Gasteiger partial charge in [0.25, 0.3) is 0 Å². The van der Waals surface area contributed by atoms with Gasteiger partial charge in [-0.05, 0) is 42.7 Å². The van der Waals surface area contributed by atoms with Crippen LogP contribution in [0.15, 0.2) is 36.4 Å². The molecule has 1 fully saturated rings. The average molecular weight is 403 g/mol. The minimum absolute atomic E-state index is 0.00435. The van der Waals surface area contributed by atoms with Crippen molar-refractivity contribution in [2.75, 3.05) is 13.2 Å². The summed E-state index contributed by atoms with van der Waals surface area (Å²) in [7, 11) is 0. The van der Waals surface area contributed by atoms with Gasteiger partial charge in [-0.25, -0.2) is 9.59 Å². The fourth-order valence-corrected chi connectivity index (χ4v) is 3.99. The van der Waals surface area contributed by atoms with E-state index in [0.717, 1.165) is 16.9 Å². The zero-order valence-corrected chi connectivity index (χ0v) is 16.0. The number of aromatic carboxylic acids is 2. The number of carbonyl (C=O) groups is 3. The molecule has 1 aromatic heterocycles. The fraction of sp³-hybridized carbons (Fsp3) is 0.350. The summed E-state index contributed by atoms with van der Waals surface area (Å²) in [5.74, 6) is -1.81. The third-order valence-corrected chi connectivity index (χ3v) is 5.77. The van der Waals surface area contributed by atoms with Crippen LogP contribution in [0, 0.1) is 0 Å². The summed E-state index contributed by atoms with van der Waals surface area (Å²) < 4.78 is 5.73. The van der Waals surface area contributed by atoms with Crippen molar-refractivity contribution in [2.24, 2.45) is 0 Å². The summed E-state index contributed by atoms with van der Waals surface area (Å²) in [4.78, 5) is 37.0. The maximum Gasteiger partial charge on any atom is 0.345 e. The molecule has 0 unspecified atom stereocenters. The van der Waals surface area contributed by atoms with E-state index in [9.17, 15) is 14.4 Å². The van der Waals surface area contributed by atoms with Crippen LogP contribution in [-0.2, 0) is 22.6 Å². The van der Waals surface area contributed by atoms with Crippen LogP contribution in [0.3, 0.4) is 0 Å². The number of amides is 1. The number of nitrogens with zero attached hydrogens (tertiary/aromatic N) is 1. The molecule has 1 aliphatic heterocycles. The number of carboxylic acids is 2. The number of likely N-dealkylation sites (tertiary alicyclic amines) is 1. The summed E-state index contributed by atoms with van der Waals surface area (Å²) >= 11 is 1.19. The number of thiophene rings is 1. The van der Waals surface area contributed by atoms with E-state index in [1.807, 2.05) is 4.90 Å². The zero-order valence-electron chi connectivity index (χ0n) is 15.2. The van der Waals surface area contributed by atoms with Crippen LogP contribution < -0.4 is 0 Å². The van der Waals surface area contributed by atoms with Gasteiger partial charge in [0.1, 0.15) is 4.88 Å². The van der Waals surface area contributed by atoms with Gasteiger partial charge in [-0.1, -0.05) is 12.1 Å². The first-order valence-corrected chi connectivity index (χ1v) is 9.77. The summed E-state index contributed by atoms with van der Waals surface area (Å²) in [6.07, 6.45) is 1.88. The topological polar surface area (TPSA) is 104 Å². The number of hydrogen-bond donors (Lipinski definition) is 2. The summed E-state index contributed by atoms with van der Waals surface area (Å²) in [5, 5.41) is 17.9. The molecule has 2 N–H and O–H groups in total. The average Bonchev–Trinajstić information content (AvgIpc) is 3.28. The monoisotopic (exact) mass is 403 g/mol. The molecule has 1 atom stereocenters. The molecule has 0 spiro atoms. The first-order valence-electron chi connectivity index (χ1n) is 8.95. The van der Waals surface area contributed by atoms with Crippen LogP contribution in [-0.4, -0.2) is 52.2 Å². The van der Waals surface area contributed by atoms with Crippen LogP contribution >= 0.6 is 11.3 Å². The van der Waals surface area contributed by atoms with Crippen molar-refractivity contribution < 1.29 is 29.3 Å². The Morgan fingerprint density at radius 3 is 2.50 bits per heavy atom. The Hall–Kier alpha value is -2.71. The lowest BCUT2D eigenvalue weighted by molar-refractivity contribution is -0.129. The van der Waals surface area contributed by atoms with Crippen LogP contribution in [0.5, 0.6) is 0 Å². The van der Waals surface area contributed by atoms with Crippen molar-refractivity contribution in [1.29, 1.82) is 0 Å². The number of ether oxygens (including phenoxy) is 1. The smallest absolute Gasteiger partial charge is 0.345 e. The maximum atomic E-state index is 12.2. The van der Waals surface area contributed by atoms with Gasteiger partial charge >= 0.3 is 11.9 Å². The molecule has 8 heteroatoms. The molecule has 1 aromatic carbocycles. The van der Waals surface area contributed by atoms with E-state index in [2.05, 4.69) is 0 Å². The molecular formula is C20H21NO6S. The largest absolute Gasteiger partial charge is 0.478 e. The number of hydrogen-bond acceptors (Lipinski definition) is 5. The van der Waals surface area contributed by atoms with Gasteiger partial charge in [-0.2, -0.15) is 0 Å². The quantitative estimate of drug-likeness (QED) is 0.667. The zero-order chi connectivity index (χ0) is 20.1. The SMILES string of the molecule is O=C(O)c1ccc(CCN2C(=O)CC[C@@H]2COCc2ccc(C(=O)O)s2)cc1. The Morgan fingerprint density at radius 1 is 1.11 bits per heavy atom. The Kier molecular flexibility index (Phi) is 6.43. The van der Waals surface area contributed by atoms with Gasteiger partial charge in [0.2, 0.25) is 5.91 Å². The highest BCUT2D eigenvalue weighted by Gasteiger charge is 2.30. The normalized spacial score (nSPS) is 16.5. The summed E-state index contributed by atoms with van der Waals surface area (Å²) in [5.41, 5.74) is 1.22. The molecule has 3 rings (SSSR count). The van der Waals surface area contributed by atoms with Gasteiger partial charge in [0, 0.05) is 17.8 Å². The van der Waals surface area contributed by atoms with Crippen molar-refractivity contribution >= 4 is 29.2 Å². The van der Waals surface area contributed by atoms with Gasteiger partial charge in [0.15, 0.2) is 0 Å². The Balaban J connectivity index is 1.49. The predicted octanol–water partition coefficient (Wildman–Crippen LogP) is 2.89. The molecular weight excluding hydrogens is 382 g/mol. The van der Waals surface area contributed by atoms with E-state index in [1.165, 1.54) is 11.3 Å².